The number of rotatable bonds is 3. The van der Waals surface area contributed by atoms with E-state index in [1.54, 1.807) is 13.3 Å². The van der Waals surface area contributed by atoms with Crippen LogP contribution in [-0.2, 0) is 0 Å². The number of aromatic nitrogens is 1. The predicted octanol–water partition coefficient (Wildman–Crippen LogP) is 3.06. The molecule has 4 heteroatoms. The summed E-state index contributed by atoms with van der Waals surface area (Å²) >= 11 is 0. The lowest BCUT2D eigenvalue weighted by atomic mass is 10.0. The van der Waals surface area contributed by atoms with E-state index in [0.717, 1.165) is 11.3 Å². The topological polar surface area (TPSA) is 61.3 Å². The van der Waals surface area contributed by atoms with Gasteiger partial charge >= 0.3 is 0 Å². The van der Waals surface area contributed by atoms with Crippen molar-refractivity contribution in [3.8, 4) is 17.1 Å². The number of methoxy groups -OCH3 is 1. The summed E-state index contributed by atoms with van der Waals surface area (Å²) in [6.45, 7) is 4.28. The molecule has 0 saturated carbocycles. The van der Waals surface area contributed by atoms with Crippen LogP contribution in [0.4, 0.5) is 6.01 Å². The smallest absolute Gasteiger partial charge is 0.292 e. The number of nitrogen functional groups attached to an aromatic ring is 1. The average Bonchev–Trinajstić information content (AvgIpc) is 2.74. The van der Waals surface area contributed by atoms with Gasteiger partial charge < -0.3 is 14.9 Å². The van der Waals surface area contributed by atoms with Gasteiger partial charge in [0.25, 0.3) is 6.01 Å². The molecule has 0 unspecified atom stereocenters. The lowest BCUT2D eigenvalue weighted by Crippen LogP contribution is -1.92. The lowest BCUT2D eigenvalue weighted by molar-refractivity contribution is 0.414. The van der Waals surface area contributed by atoms with Crippen molar-refractivity contribution in [2.24, 2.45) is 0 Å². The second-order valence-electron chi connectivity index (χ2n) is 4.18. The van der Waals surface area contributed by atoms with E-state index in [1.807, 2.05) is 12.1 Å². The largest absolute Gasteiger partial charge is 0.496 e. The van der Waals surface area contributed by atoms with E-state index in [2.05, 4.69) is 24.9 Å². The Kier molecular flexibility index (Phi) is 3.04. The molecule has 0 bridgehead atoms. The van der Waals surface area contributed by atoms with Gasteiger partial charge in [0.15, 0.2) is 5.76 Å². The molecule has 0 atom stereocenters. The number of hydrogen-bond acceptors (Lipinski definition) is 4. The number of nitrogens with zero attached hydrogens (tertiary/aromatic N) is 1. The van der Waals surface area contributed by atoms with Gasteiger partial charge in [0.1, 0.15) is 5.75 Å². The SMILES string of the molecule is COc1cc(C(C)C)ccc1-c1cnc(N)o1. The Morgan fingerprint density at radius 1 is 1.35 bits per heavy atom. The Morgan fingerprint density at radius 3 is 2.65 bits per heavy atom. The van der Waals surface area contributed by atoms with Crippen LogP contribution >= 0.6 is 0 Å². The summed E-state index contributed by atoms with van der Waals surface area (Å²) in [5, 5.41) is 0. The average molecular weight is 232 g/mol. The van der Waals surface area contributed by atoms with Crippen LogP contribution in [0.15, 0.2) is 28.8 Å². The highest BCUT2D eigenvalue weighted by Crippen LogP contribution is 2.33. The van der Waals surface area contributed by atoms with Crippen molar-refractivity contribution in [2.45, 2.75) is 19.8 Å². The molecule has 0 amide bonds. The number of ether oxygens (including phenoxy) is 1. The summed E-state index contributed by atoms with van der Waals surface area (Å²) in [6.07, 6.45) is 1.60. The summed E-state index contributed by atoms with van der Waals surface area (Å²) in [6, 6.07) is 6.20. The van der Waals surface area contributed by atoms with Crippen molar-refractivity contribution >= 4 is 6.01 Å². The molecule has 0 radical (unpaired) electrons. The summed E-state index contributed by atoms with van der Waals surface area (Å²) in [4.78, 5) is 3.88. The molecule has 1 aromatic heterocycles. The van der Waals surface area contributed by atoms with Gasteiger partial charge in [0.2, 0.25) is 0 Å². The third kappa shape index (κ3) is 2.25. The monoisotopic (exact) mass is 232 g/mol. The lowest BCUT2D eigenvalue weighted by Gasteiger charge is -2.10. The van der Waals surface area contributed by atoms with Crippen molar-refractivity contribution in [3.05, 3.63) is 30.0 Å². The van der Waals surface area contributed by atoms with Crippen LogP contribution in [0.5, 0.6) is 5.75 Å². The van der Waals surface area contributed by atoms with Crippen LogP contribution in [0.25, 0.3) is 11.3 Å². The molecule has 0 aliphatic carbocycles. The molecule has 4 nitrogen and oxygen atoms in total. The van der Waals surface area contributed by atoms with Gasteiger partial charge in [-0.3, -0.25) is 0 Å². The predicted molar refractivity (Wildman–Crippen MR) is 67.0 cm³/mol. The van der Waals surface area contributed by atoms with Crippen LogP contribution in [0.2, 0.25) is 0 Å². The third-order valence-corrected chi connectivity index (χ3v) is 2.68. The van der Waals surface area contributed by atoms with Crippen molar-refractivity contribution in [1.82, 2.24) is 4.98 Å². The van der Waals surface area contributed by atoms with Gasteiger partial charge in [-0.05, 0) is 23.6 Å². The quantitative estimate of drug-likeness (QED) is 0.883. The standard InChI is InChI=1S/C13H16N2O2/c1-8(2)9-4-5-10(11(6-9)16-3)12-7-15-13(14)17-12/h4-8H,1-3H3,(H2,14,15). The van der Waals surface area contributed by atoms with E-state index in [0.29, 0.717) is 11.7 Å². The molecule has 1 heterocycles. The number of oxazole rings is 1. The highest BCUT2D eigenvalue weighted by molar-refractivity contribution is 5.66. The van der Waals surface area contributed by atoms with Crippen LogP contribution in [0.1, 0.15) is 25.3 Å². The molecule has 0 aliphatic heterocycles. The maximum Gasteiger partial charge on any atom is 0.292 e. The highest BCUT2D eigenvalue weighted by atomic mass is 16.5. The number of benzene rings is 1. The Labute approximate surface area is 100 Å². The molecule has 0 saturated heterocycles. The summed E-state index contributed by atoms with van der Waals surface area (Å²) in [5.41, 5.74) is 7.55. The van der Waals surface area contributed by atoms with Crippen molar-refractivity contribution in [1.29, 1.82) is 0 Å². The molecule has 0 fully saturated rings. The van der Waals surface area contributed by atoms with Crippen LogP contribution in [0.3, 0.4) is 0 Å². The van der Waals surface area contributed by atoms with Gasteiger partial charge in [0, 0.05) is 0 Å². The number of anilines is 1. The summed E-state index contributed by atoms with van der Waals surface area (Å²) in [7, 11) is 1.64. The maximum atomic E-state index is 5.47. The first-order valence-corrected chi connectivity index (χ1v) is 5.51. The minimum Gasteiger partial charge on any atom is -0.496 e. The number of hydrogen-bond donors (Lipinski definition) is 1. The van der Waals surface area contributed by atoms with Gasteiger partial charge in [-0.25, -0.2) is 4.98 Å². The Hall–Kier alpha value is -1.97. The van der Waals surface area contributed by atoms with E-state index < -0.39 is 0 Å². The highest BCUT2D eigenvalue weighted by Gasteiger charge is 2.12. The molecule has 0 aliphatic rings. The zero-order chi connectivity index (χ0) is 12.4. The van der Waals surface area contributed by atoms with Gasteiger partial charge in [-0.15, -0.1) is 0 Å². The fraction of sp³-hybridized carbons (Fsp3) is 0.308. The van der Waals surface area contributed by atoms with Crippen LogP contribution in [0, 0.1) is 0 Å². The minimum absolute atomic E-state index is 0.162. The molecule has 2 rings (SSSR count). The Balaban J connectivity index is 2.48. The minimum atomic E-state index is 0.162. The van der Waals surface area contributed by atoms with E-state index in [-0.39, 0.29) is 6.01 Å². The molecule has 0 spiro atoms. The van der Waals surface area contributed by atoms with Gasteiger partial charge in [-0.1, -0.05) is 19.9 Å². The van der Waals surface area contributed by atoms with Crippen molar-refractivity contribution in [2.75, 3.05) is 12.8 Å². The fourth-order valence-corrected chi connectivity index (χ4v) is 1.68. The maximum absolute atomic E-state index is 5.47. The van der Waals surface area contributed by atoms with E-state index in [1.165, 1.54) is 5.56 Å². The molecular weight excluding hydrogens is 216 g/mol. The summed E-state index contributed by atoms with van der Waals surface area (Å²) < 4.78 is 10.7. The third-order valence-electron chi connectivity index (χ3n) is 2.68. The molecular formula is C13H16N2O2. The first-order chi connectivity index (χ1) is 8.11. The molecule has 2 N–H and O–H groups in total. The molecule has 90 valence electrons. The van der Waals surface area contributed by atoms with Crippen molar-refractivity contribution < 1.29 is 9.15 Å². The summed E-state index contributed by atoms with van der Waals surface area (Å²) in [5.74, 6) is 1.85. The fourth-order valence-electron chi connectivity index (χ4n) is 1.68. The Morgan fingerprint density at radius 2 is 2.12 bits per heavy atom. The second-order valence-corrected chi connectivity index (χ2v) is 4.18. The first-order valence-electron chi connectivity index (χ1n) is 5.51. The molecule has 2 aromatic rings. The second kappa shape index (κ2) is 4.49. The number of nitrogens with two attached hydrogens (primary N) is 1. The zero-order valence-corrected chi connectivity index (χ0v) is 10.2. The zero-order valence-electron chi connectivity index (χ0n) is 10.2. The molecule has 1 aromatic carbocycles. The van der Waals surface area contributed by atoms with E-state index in [9.17, 15) is 0 Å². The van der Waals surface area contributed by atoms with Crippen LogP contribution in [-0.4, -0.2) is 12.1 Å². The van der Waals surface area contributed by atoms with Gasteiger partial charge in [0.05, 0.1) is 18.9 Å². The normalized spacial score (nSPS) is 10.8. The van der Waals surface area contributed by atoms with E-state index >= 15 is 0 Å². The van der Waals surface area contributed by atoms with Crippen molar-refractivity contribution in [3.63, 3.8) is 0 Å². The first kappa shape index (κ1) is 11.5. The molecule has 17 heavy (non-hydrogen) atoms. The van der Waals surface area contributed by atoms with Gasteiger partial charge in [-0.2, -0.15) is 0 Å². The van der Waals surface area contributed by atoms with Crippen LogP contribution < -0.4 is 10.5 Å². The Bertz CT molecular complexity index is 518. The van der Waals surface area contributed by atoms with E-state index in [4.69, 9.17) is 14.9 Å².